The average Bonchev–Trinajstić information content (AvgIpc) is 2.49. The van der Waals surface area contributed by atoms with E-state index in [2.05, 4.69) is 6.58 Å². The van der Waals surface area contributed by atoms with Crippen LogP contribution in [0.4, 0.5) is 8.78 Å². The highest BCUT2D eigenvalue weighted by Crippen LogP contribution is 2.30. The number of carbonyl (C=O) groups excluding carboxylic acids is 1. The van der Waals surface area contributed by atoms with Crippen LogP contribution in [0.3, 0.4) is 0 Å². The van der Waals surface area contributed by atoms with Crippen LogP contribution in [0.25, 0.3) is 0 Å². The van der Waals surface area contributed by atoms with Gasteiger partial charge in [-0.1, -0.05) is 6.08 Å². The van der Waals surface area contributed by atoms with Crippen molar-refractivity contribution in [1.82, 2.24) is 9.80 Å². The zero-order chi connectivity index (χ0) is 15.7. The van der Waals surface area contributed by atoms with Gasteiger partial charge in [0.15, 0.2) is 0 Å². The number of hydrogen-bond acceptors (Lipinski definition) is 3. The standard InChI is InChI=1S/C16H18F2N2O2/c1-2-3-20-14(11-6-12(17)8-13(18)7-11)9-19-4-5-22-10-15(19)16(20)21/h2,6-8,14-15H,1,3-5,9-10H2/t14-,15-/m1/s1. The molecule has 0 unspecified atom stereocenters. The maximum absolute atomic E-state index is 13.5. The molecule has 4 nitrogen and oxygen atoms in total. The topological polar surface area (TPSA) is 32.8 Å². The largest absolute Gasteiger partial charge is 0.378 e. The van der Waals surface area contributed by atoms with Crippen molar-refractivity contribution >= 4 is 5.91 Å². The van der Waals surface area contributed by atoms with Crippen molar-refractivity contribution in [3.63, 3.8) is 0 Å². The highest BCUT2D eigenvalue weighted by Gasteiger charge is 2.42. The summed E-state index contributed by atoms with van der Waals surface area (Å²) < 4.78 is 32.4. The summed E-state index contributed by atoms with van der Waals surface area (Å²) in [5.74, 6) is -1.35. The van der Waals surface area contributed by atoms with Crippen LogP contribution in [-0.4, -0.2) is 54.6 Å². The van der Waals surface area contributed by atoms with Crippen LogP contribution in [0.15, 0.2) is 30.9 Å². The lowest BCUT2D eigenvalue weighted by Gasteiger charge is -2.47. The normalized spacial score (nSPS) is 25.9. The molecule has 1 amide bonds. The Morgan fingerprint density at radius 3 is 2.68 bits per heavy atom. The number of benzene rings is 1. The molecule has 3 rings (SSSR count). The molecule has 2 heterocycles. The maximum atomic E-state index is 13.5. The molecular formula is C16H18F2N2O2. The SMILES string of the molecule is C=CCN1C(=O)[C@H]2COCCN2C[C@@H]1c1cc(F)cc(F)c1. The van der Waals surface area contributed by atoms with E-state index >= 15 is 0 Å². The van der Waals surface area contributed by atoms with Crippen LogP contribution in [0, 0.1) is 11.6 Å². The summed E-state index contributed by atoms with van der Waals surface area (Å²) in [6.45, 7) is 6.12. The number of rotatable bonds is 3. The summed E-state index contributed by atoms with van der Waals surface area (Å²) in [6, 6.07) is 2.72. The molecule has 0 bridgehead atoms. The smallest absolute Gasteiger partial charge is 0.243 e. The second-order valence-electron chi connectivity index (χ2n) is 5.58. The van der Waals surface area contributed by atoms with Crippen LogP contribution < -0.4 is 0 Å². The first-order chi connectivity index (χ1) is 10.6. The van der Waals surface area contributed by atoms with E-state index in [1.807, 2.05) is 4.90 Å². The molecule has 0 N–H and O–H groups in total. The fraction of sp³-hybridized carbons (Fsp3) is 0.438. The van der Waals surface area contributed by atoms with E-state index in [0.717, 1.165) is 6.07 Å². The minimum atomic E-state index is -0.634. The third kappa shape index (κ3) is 2.76. The third-order valence-corrected chi connectivity index (χ3v) is 4.19. The lowest BCUT2D eigenvalue weighted by molar-refractivity contribution is -0.154. The summed E-state index contributed by atoms with van der Waals surface area (Å²) in [7, 11) is 0. The van der Waals surface area contributed by atoms with Gasteiger partial charge in [0.1, 0.15) is 17.7 Å². The zero-order valence-corrected chi connectivity index (χ0v) is 12.2. The van der Waals surface area contributed by atoms with Crippen molar-refractivity contribution in [2.75, 3.05) is 32.8 Å². The predicted octanol–water partition coefficient (Wildman–Crippen LogP) is 1.73. The molecule has 0 aromatic heterocycles. The quantitative estimate of drug-likeness (QED) is 0.797. The van der Waals surface area contributed by atoms with Crippen LogP contribution in [0.5, 0.6) is 0 Å². The van der Waals surface area contributed by atoms with Gasteiger partial charge in [0.05, 0.1) is 19.3 Å². The van der Waals surface area contributed by atoms with Gasteiger partial charge in [-0.15, -0.1) is 6.58 Å². The van der Waals surface area contributed by atoms with Gasteiger partial charge in [0, 0.05) is 25.7 Å². The zero-order valence-electron chi connectivity index (χ0n) is 12.2. The molecule has 0 aliphatic carbocycles. The number of fused-ring (bicyclic) bond motifs is 1. The number of amides is 1. The van der Waals surface area contributed by atoms with E-state index in [1.54, 1.807) is 11.0 Å². The summed E-state index contributed by atoms with van der Waals surface area (Å²) >= 11 is 0. The van der Waals surface area contributed by atoms with Crippen LogP contribution in [-0.2, 0) is 9.53 Å². The van der Waals surface area contributed by atoms with Crippen molar-refractivity contribution in [1.29, 1.82) is 0 Å². The molecule has 118 valence electrons. The van der Waals surface area contributed by atoms with E-state index in [4.69, 9.17) is 4.74 Å². The number of halogens is 2. The Morgan fingerprint density at radius 2 is 2.00 bits per heavy atom. The summed E-state index contributed by atoms with van der Waals surface area (Å²) in [5.41, 5.74) is 0.470. The van der Waals surface area contributed by atoms with E-state index in [9.17, 15) is 13.6 Å². The number of carbonyl (C=O) groups is 1. The Morgan fingerprint density at radius 1 is 1.27 bits per heavy atom. The van der Waals surface area contributed by atoms with Crippen molar-refractivity contribution < 1.29 is 18.3 Å². The Balaban J connectivity index is 1.95. The lowest BCUT2D eigenvalue weighted by Crippen LogP contribution is -2.62. The van der Waals surface area contributed by atoms with Crippen molar-refractivity contribution in [2.45, 2.75) is 12.1 Å². The molecule has 22 heavy (non-hydrogen) atoms. The van der Waals surface area contributed by atoms with Crippen LogP contribution >= 0.6 is 0 Å². The molecule has 2 fully saturated rings. The first-order valence-corrected chi connectivity index (χ1v) is 7.29. The number of nitrogens with zero attached hydrogens (tertiary/aromatic N) is 2. The van der Waals surface area contributed by atoms with E-state index in [-0.39, 0.29) is 18.0 Å². The van der Waals surface area contributed by atoms with E-state index in [0.29, 0.717) is 38.4 Å². The van der Waals surface area contributed by atoms with Gasteiger partial charge < -0.3 is 9.64 Å². The Hall–Kier alpha value is -1.79. The number of hydrogen-bond donors (Lipinski definition) is 0. The molecule has 1 aromatic rings. The first kappa shape index (κ1) is 15.1. The van der Waals surface area contributed by atoms with Gasteiger partial charge in [-0.25, -0.2) is 8.78 Å². The van der Waals surface area contributed by atoms with Gasteiger partial charge in [0.25, 0.3) is 0 Å². The molecule has 2 atom stereocenters. The van der Waals surface area contributed by atoms with Gasteiger partial charge in [-0.3, -0.25) is 9.69 Å². The second-order valence-corrected chi connectivity index (χ2v) is 5.58. The Bertz CT molecular complexity index is 573. The summed E-state index contributed by atoms with van der Waals surface area (Å²) in [4.78, 5) is 16.3. The van der Waals surface area contributed by atoms with Gasteiger partial charge in [-0.05, 0) is 17.7 Å². The van der Waals surface area contributed by atoms with Crippen LogP contribution in [0.2, 0.25) is 0 Å². The fourth-order valence-electron chi connectivity index (χ4n) is 3.16. The van der Waals surface area contributed by atoms with Gasteiger partial charge >= 0.3 is 0 Å². The average molecular weight is 308 g/mol. The molecule has 2 saturated heterocycles. The monoisotopic (exact) mass is 308 g/mol. The molecule has 6 heteroatoms. The van der Waals surface area contributed by atoms with Gasteiger partial charge in [0.2, 0.25) is 5.91 Å². The van der Waals surface area contributed by atoms with E-state index < -0.39 is 11.6 Å². The summed E-state index contributed by atoms with van der Waals surface area (Å²) in [6.07, 6.45) is 1.62. The van der Waals surface area contributed by atoms with Crippen molar-refractivity contribution in [3.05, 3.63) is 48.1 Å². The minimum Gasteiger partial charge on any atom is -0.378 e. The molecule has 0 radical (unpaired) electrons. The highest BCUT2D eigenvalue weighted by atomic mass is 19.1. The summed E-state index contributed by atoms with van der Waals surface area (Å²) in [5, 5.41) is 0. The van der Waals surface area contributed by atoms with E-state index in [1.165, 1.54) is 12.1 Å². The minimum absolute atomic E-state index is 0.0829. The first-order valence-electron chi connectivity index (χ1n) is 7.29. The molecule has 0 saturated carbocycles. The number of piperazine rings is 1. The molecule has 0 spiro atoms. The fourth-order valence-corrected chi connectivity index (χ4v) is 3.16. The highest BCUT2D eigenvalue weighted by molar-refractivity contribution is 5.83. The second kappa shape index (κ2) is 6.14. The van der Waals surface area contributed by atoms with Crippen molar-refractivity contribution in [3.8, 4) is 0 Å². The Labute approximate surface area is 128 Å². The Kier molecular flexibility index (Phi) is 4.22. The maximum Gasteiger partial charge on any atom is 0.243 e. The van der Waals surface area contributed by atoms with Crippen molar-refractivity contribution in [2.24, 2.45) is 0 Å². The molecular weight excluding hydrogens is 290 g/mol. The lowest BCUT2D eigenvalue weighted by atomic mass is 9.98. The molecule has 2 aliphatic heterocycles. The molecule has 2 aliphatic rings. The van der Waals surface area contributed by atoms with Gasteiger partial charge in [-0.2, -0.15) is 0 Å². The number of ether oxygens (including phenoxy) is 1. The molecule has 1 aromatic carbocycles. The van der Waals surface area contributed by atoms with Crippen LogP contribution in [0.1, 0.15) is 11.6 Å². The number of morpholine rings is 1. The third-order valence-electron chi connectivity index (χ3n) is 4.19. The predicted molar refractivity (Wildman–Crippen MR) is 77.2 cm³/mol.